The SMILES string of the molecule is [AlH3].[CaH2].[Cu].[Mn]. The molecule has 0 aromatic heterocycles. The molecule has 0 atom stereocenters. The van der Waals surface area contributed by atoms with Gasteiger partial charge in [-0.25, -0.2) is 0 Å². The molecule has 4 heteroatoms. The normalized spacial score (nSPS) is 0. The Morgan fingerprint density at radius 1 is 1.00 bits per heavy atom. The summed E-state index contributed by atoms with van der Waals surface area (Å²) in [5.41, 5.74) is 0. The van der Waals surface area contributed by atoms with E-state index < -0.39 is 0 Å². The second-order valence-electron chi connectivity index (χ2n) is 0. The van der Waals surface area contributed by atoms with Gasteiger partial charge in [-0.3, -0.25) is 0 Å². The molecule has 0 fully saturated rings. The van der Waals surface area contributed by atoms with Gasteiger partial charge in [0.05, 0.1) is 0 Å². The zero-order chi connectivity index (χ0) is 0. The first-order chi connectivity index (χ1) is 0. The summed E-state index contributed by atoms with van der Waals surface area (Å²) in [6.45, 7) is 0. The minimum absolute atomic E-state index is 0. The van der Waals surface area contributed by atoms with E-state index >= 15 is 0 Å². The Balaban J connectivity index is 0. The van der Waals surface area contributed by atoms with E-state index in [2.05, 4.69) is 0 Å². The quantitative estimate of drug-likeness (QED) is 0.384. The minimum Gasteiger partial charge on any atom is 0 e. The van der Waals surface area contributed by atoms with Crippen molar-refractivity contribution in [2.45, 2.75) is 0 Å². The fraction of sp³-hybridized carbons (Fsp3) is 0. The van der Waals surface area contributed by atoms with Gasteiger partial charge in [0, 0.05) is 34.1 Å². The van der Waals surface area contributed by atoms with Gasteiger partial charge < -0.3 is 0 Å². The summed E-state index contributed by atoms with van der Waals surface area (Å²) >= 11 is 0. The van der Waals surface area contributed by atoms with Crippen LogP contribution in [0.15, 0.2) is 0 Å². The average Bonchev–Trinajstić information content (AvgIpc) is 0. The van der Waals surface area contributed by atoms with Crippen LogP contribution in [0.2, 0.25) is 0 Å². The molecule has 0 aliphatic heterocycles. The maximum absolute atomic E-state index is 0. The second-order valence-corrected chi connectivity index (χ2v) is 0. The molecular formula is H5AlCaCuMn. The standard InChI is InChI=1S/Al.Ca.Cu.Mn.5H. The van der Waals surface area contributed by atoms with Crippen LogP contribution in [-0.4, -0.2) is 55.1 Å². The number of hydrogen-bond acceptors (Lipinski definition) is 0. The van der Waals surface area contributed by atoms with Crippen LogP contribution >= 0.6 is 0 Å². The molecule has 0 N–H and O–H groups in total. The summed E-state index contributed by atoms with van der Waals surface area (Å²) in [4.78, 5) is 0. The van der Waals surface area contributed by atoms with Gasteiger partial charge in [0.15, 0.2) is 17.4 Å². The second kappa shape index (κ2) is 17.0. The summed E-state index contributed by atoms with van der Waals surface area (Å²) in [6, 6.07) is 0. The summed E-state index contributed by atoms with van der Waals surface area (Å²) in [7, 11) is 0. The van der Waals surface area contributed by atoms with Gasteiger partial charge in [-0.15, -0.1) is 0 Å². The van der Waals surface area contributed by atoms with E-state index in [0.717, 1.165) is 0 Å². The van der Waals surface area contributed by atoms with Crippen LogP contribution in [0.3, 0.4) is 0 Å². The molecule has 0 aliphatic rings. The molecule has 0 heterocycles. The molecule has 0 saturated heterocycles. The molecule has 0 unspecified atom stereocenters. The Bertz CT molecular complexity index is 8.00. The number of rotatable bonds is 0. The van der Waals surface area contributed by atoms with Crippen LogP contribution in [0.5, 0.6) is 0 Å². The Hall–Kier alpha value is 2.83. The molecule has 0 aromatic rings. The zero-order valence-corrected chi connectivity index (χ0v) is 2.80. The smallest absolute Gasteiger partial charge is 0 e. The van der Waals surface area contributed by atoms with E-state index in [4.69, 9.17) is 0 Å². The maximum atomic E-state index is 0. The van der Waals surface area contributed by atoms with E-state index in [1.165, 1.54) is 0 Å². The molecule has 0 amide bonds. The van der Waals surface area contributed by atoms with Crippen molar-refractivity contribution in [1.82, 2.24) is 0 Å². The molecule has 0 aromatic carbocycles. The van der Waals surface area contributed by atoms with Crippen molar-refractivity contribution < 1.29 is 34.1 Å². The van der Waals surface area contributed by atoms with Crippen LogP contribution in [0.25, 0.3) is 0 Å². The first kappa shape index (κ1) is 29.0. The van der Waals surface area contributed by atoms with Crippen molar-refractivity contribution >= 4 is 55.1 Å². The van der Waals surface area contributed by atoms with Gasteiger partial charge in [0.2, 0.25) is 0 Å². The largest absolute Gasteiger partial charge is 0 e. The zero-order valence-electron chi connectivity index (χ0n) is 0.679. The molecule has 0 aliphatic carbocycles. The van der Waals surface area contributed by atoms with E-state index in [0.29, 0.717) is 0 Å². The molecule has 0 spiro atoms. The van der Waals surface area contributed by atoms with Crippen molar-refractivity contribution in [3.8, 4) is 0 Å². The Morgan fingerprint density at radius 3 is 1.00 bits per heavy atom. The van der Waals surface area contributed by atoms with Crippen molar-refractivity contribution in [3.05, 3.63) is 0 Å². The molecule has 4 heavy (non-hydrogen) atoms. The topological polar surface area (TPSA) is 0 Å². The number of hydrogen-bond donors (Lipinski definition) is 0. The van der Waals surface area contributed by atoms with Crippen LogP contribution in [-0.2, 0) is 34.1 Å². The first-order valence-electron chi connectivity index (χ1n) is 0. The van der Waals surface area contributed by atoms with Crippen molar-refractivity contribution in [2.24, 2.45) is 0 Å². The Kier molecular flexibility index (Phi) is 123. The van der Waals surface area contributed by atoms with Gasteiger partial charge in [-0.05, 0) is 0 Å². The molecule has 0 rings (SSSR count). The Morgan fingerprint density at radius 2 is 1.00 bits per heavy atom. The van der Waals surface area contributed by atoms with Gasteiger partial charge in [-0.1, -0.05) is 0 Å². The van der Waals surface area contributed by atoms with E-state index in [1.54, 1.807) is 0 Å². The van der Waals surface area contributed by atoms with E-state index in [1.807, 2.05) is 0 Å². The fourth-order valence-electron chi connectivity index (χ4n) is 0. The summed E-state index contributed by atoms with van der Waals surface area (Å²) < 4.78 is 0. The molecule has 0 bridgehead atoms. The van der Waals surface area contributed by atoms with Gasteiger partial charge in [-0.2, -0.15) is 0 Å². The maximum Gasteiger partial charge on any atom is 0 e. The summed E-state index contributed by atoms with van der Waals surface area (Å²) in [5, 5.41) is 0. The van der Waals surface area contributed by atoms with Crippen molar-refractivity contribution in [1.29, 1.82) is 0 Å². The van der Waals surface area contributed by atoms with Crippen LogP contribution in [0, 0.1) is 0 Å². The third kappa shape index (κ3) is 8.85. The first-order valence-corrected chi connectivity index (χ1v) is 0. The molecule has 28 valence electrons. The summed E-state index contributed by atoms with van der Waals surface area (Å²) in [5.74, 6) is 0. The predicted octanol–water partition coefficient (Wildman–Crippen LogP) is -2.11. The molecule has 0 nitrogen and oxygen atoms in total. The third-order valence-electron chi connectivity index (χ3n) is 0. The predicted molar refractivity (Wildman–Crippen MR) is 18.5 cm³/mol. The molecular weight excluding hydrogens is 186 g/mol. The third-order valence-corrected chi connectivity index (χ3v) is 0. The fourth-order valence-corrected chi connectivity index (χ4v) is 0. The van der Waals surface area contributed by atoms with E-state index in [-0.39, 0.29) is 89.2 Å². The monoisotopic (exact) mass is 190 g/mol. The molecule has 0 saturated carbocycles. The van der Waals surface area contributed by atoms with Gasteiger partial charge >= 0.3 is 37.7 Å². The van der Waals surface area contributed by atoms with Gasteiger partial charge in [0.25, 0.3) is 0 Å². The van der Waals surface area contributed by atoms with Crippen LogP contribution < -0.4 is 0 Å². The average molecular weight is 191 g/mol. The van der Waals surface area contributed by atoms with E-state index in [9.17, 15) is 0 Å². The Labute approximate surface area is 87.5 Å². The van der Waals surface area contributed by atoms with Crippen LogP contribution in [0.4, 0.5) is 0 Å². The minimum atomic E-state index is 0. The molecule has 2 radical (unpaired) electrons. The van der Waals surface area contributed by atoms with Crippen molar-refractivity contribution in [3.63, 3.8) is 0 Å². The van der Waals surface area contributed by atoms with Crippen molar-refractivity contribution in [2.75, 3.05) is 0 Å². The summed E-state index contributed by atoms with van der Waals surface area (Å²) in [6.07, 6.45) is 0. The van der Waals surface area contributed by atoms with Gasteiger partial charge in [0.1, 0.15) is 0 Å². The van der Waals surface area contributed by atoms with Crippen LogP contribution in [0.1, 0.15) is 0 Å².